The van der Waals surface area contributed by atoms with Crippen molar-refractivity contribution >= 4 is 50.0 Å². The highest BCUT2D eigenvalue weighted by Gasteiger charge is 2.22. The highest BCUT2D eigenvalue weighted by Crippen LogP contribution is 2.34. The first kappa shape index (κ1) is 18.5. The molecule has 1 amide bonds. The first-order valence-corrected chi connectivity index (χ1v) is 10.0. The first-order valence-electron chi connectivity index (χ1n) is 8.84. The van der Waals surface area contributed by atoms with E-state index in [1.165, 1.54) is 0 Å². The van der Waals surface area contributed by atoms with Crippen LogP contribution in [0.4, 0.5) is 5.69 Å². The fourth-order valence-corrected chi connectivity index (χ4v) is 4.32. The van der Waals surface area contributed by atoms with Gasteiger partial charge in [0.15, 0.2) is 0 Å². The highest BCUT2D eigenvalue weighted by atomic mass is 79.9. The first-order chi connectivity index (χ1) is 12.1. The van der Waals surface area contributed by atoms with Gasteiger partial charge >= 0.3 is 0 Å². The van der Waals surface area contributed by atoms with Crippen LogP contribution in [0.2, 0.25) is 5.02 Å². The van der Waals surface area contributed by atoms with Gasteiger partial charge in [0.05, 0.1) is 10.5 Å². The Morgan fingerprint density at radius 3 is 3.12 bits per heavy atom. The Kier molecular flexibility index (Phi) is 6.18. The molecule has 1 N–H and O–H groups in total. The fourth-order valence-electron chi connectivity index (χ4n) is 3.46. The Hall–Kier alpha value is -1.33. The Morgan fingerprint density at radius 2 is 2.32 bits per heavy atom. The summed E-state index contributed by atoms with van der Waals surface area (Å²) in [5, 5.41) is 4.80. The number of carbonyl (C=O) groups is 1. The molecule has 3 rings (SSSR count). The molecule has 1 unspecified atom stereocenters. The fraction of sp³-hybridized carbons (Fsp3) is 0.474. The molecule has 2 heterocycles. The van der Waals surface area contributed by atoms with Crippen LogP contribution >= 0.6 is 27.5 Å². The quantitative estimate of drug-likeness (QED) is 0.751. The molecule has 134 valence electrons. The number of piperidine rings is 1. The van der Waals surface area contributed by atoms with Gasteiger partial charge in [-0.05, 0) is 43.4 Å². The molecule has 1 atom stereocenters. The van der Waals surface area contributed by atoms with Crippen LogP contribution in [0, 0.1) is 5.92 Å². The summed E-state index contributed by atoms with van der Waals surface area (Å²) in [6.07, 6.45) is 5.60. The van der Waals surface area contributed by atoms with Gasteiger partial charge in [-0.3, -0.25) is 9.78 Å². The van der Waals surface area contributed by atoms with Crippen molar-refractivity contribution in [2.45, 2.75) is 32.6 Å². The molecule has 25 heavy (non-hydrogen) atoms. The SMILES string of the molecule is CCCC(=O)NCC1CCCN(c2ccnc3c(Cl)cc(Br)cc23)C1. The van der Waals surface area contributed by atoms with E-state index in [2.05, 4.69) is 43.3 Å². The molecular weight excluding hydrogens is 402 g/mol. The average Bonchev–Trinajstić information content (AvgIpc) is 2.60. The summed E-state index contributed by atoms with van der Waals surface area (Å²) in [5.41, 5.74) is 2.00. The smallest absolute Gasteiger partial charge is 0.219 e. The number of benzene rings is 1. The van der Waals surface area contributed by atoms with Crippen LogP contribution < -0.4 is 10.2 Å². The normalized spacial score (nSPS) is 17.7. The van der Waals surface area contributed by atoms with Crippen molar-refractivity contribution in [1.82, 2.24) is 10.3 Å². The summed E-state index contributed by atoms with van der Waals surface area (Å²) in [7, 11) is 0. The molecule has 6 heteroatoms. The van der Waals surface area contributed by atoms with E-state index in [-0.39, 0.29) is 5.91 Å². The van der Waals surface area contributed by atoms with Crippen molar-refractivity contribution in [2.75, 3.05) is 24.5 Å². The molecule has 0 spiro atoms. The lowest BCUT2D eigenvalue weighted by atomic mass is 9.97. The van der Waals surface area contributed by atoms with Gasteiger partial charge in [0.2, 0.25) is 5.91 Å². The maximum atomic E-state index is 11.7. The van der Waals surface area contributed by atoms with Gasteiger partial charge in [-0.2, -0.15) is 0 Å². The molecule has 1 aliphatic rings. The Labute approximate surface area is 162 Å². The number of aromatic nitrogens is 1. The molecule has 0 bridgehead atoms. The number of anilines is 1. The van der Waals surface area contributed by atoms with Crippen molar-refractivity contribution in [1.29, 1.82) is 0 Å². The van der Waals surface area contributed by atoms with Gasteiger partial charge < -0.3 is 10.2 Å². The summed E-state index contributed by atoms with van der Waals surface area (Å²) in [6.45, 7) is 4.74. The number of halogens is 2. The van der Waals surface area contributed by atoms with E-state index in [1.807, 2.05) is 19.2 Å². The van der Waals surface area contributed by atoms with Crippen LogP contribution in [0.5, 0.6) is 0 Å². The van der Waals surface area contributed by atoms with Gasteiger partial charge in [0, 0.05) is 47.8 Å². The minimum atomic E-state index is 0.157. The van der Waals surface area contributed by atoms with Crippen molar-refractivity contribution in [3.05, 3.63) is 33.9 Å². The second-order valence-corrected chi connectivity index (χ2v) is 7.95. The van der Waals surface area contributed by atoms with Gasteiger partial charge in [0.25, 0.3) is 0 Å². The molecule has 1 saturated heterocycles. The molecule has 1 fully saturated rings. The zero-order valence-electron chi connectivity index (χ0n) is 14.4. The summed E-state index contributed by atoms with van der Waals surface area (Å²) >= 11 is 9.89. The predicted molar refractivity (Wildman–Crippen MR) is 107 cm³/mol. The lowest BCUT2D eigenvalue weighted by Gasteiger charge is -2.35. The molecule has 0 radical (unpaired) electrons. The van der Waals surface area contributed by atoms with Gasteiger partial charge in [-0.25, -0.2) is 0 Å². The maximum absolute atomic E-state index is 11.7. The number of nitrogens with one attached hydrogen (secondary N) is 1. The Balaban J connectivity index is 1.77. The number of nitrogens with zero attached hydrogens (tertiary/aromatic N) is 2. The Bertz CT molecular complexity index is 768. The van der Waals surface area contributed by atoms with Crippen molar-refractivity contribution in [2.24, 2.45) is 5.92 Å². The molecule has 0 aliphatic carbocycles. The number of rotatable bonds is 5. The molecule has 4 nitrogen and oxygen atoms in total. The lowest BCUT2D eigenvalue weighted by molar-refractivity contribution is -0.121. The number of fused-ring (bicyclic) bond motifs is 1. The van der Waals surface area contributed by atoms with Crippen LogP contribution in [-0.2, 0) is 4.79 Å². The molecule has 1 aromatic carbocycles. The summed E-state index contributed by atoms with van der Waals surface area (Å²) in [4.78, 5) is 18.6. The number of amides is 1. The minimum Gasteiger partial charge on any atom is -0.371 e. The van der Waals surface area contributed by atoms with Crippen LogP contribution in [0.25, 0.3) is 10.9 Å². The molecule has 2 aromatic rings. The maximum Gasteiger partial charge on any atom is 0.219 e. The van der Waals surface area contributed by atoms with Crippen LogP contribution in [0.15, 0.2) is 28.9 Å². The molecule has 1 aromatic heterocycles. The monoisotopic (exact) mass is 423 g/mol. The van der Waals surface area contributed by atoms with E-state index in [4.69, 9.17) is 11.6 Å². The van der Waals surface area contributed by atoms with Gasteiger partial charge in [-0.15, -0.1) is 0 Å². The van der Waals surface area contributed by atoms with Crippen LogP contribution in [0.1, 0.15) is 32.6 Å². The van der Waals surface area contributed by atoms with E-state index >= 15 is 0 Å². The average molecular weight is 425 g/mol. The second-order valence-electron chi connectivity index (χ2n) is 6.62. The molecular formula is C19H23BrClN3O. The molecule has 0 saturated carbocycles. The number of hydrogen-bond acceptors (Lipinski definition) is 3. The zero-order valence-corrected chi connectivity index (χ0v) is 16.7. The topological polar surface area (TPSA) is 45.2 Å². The van der Waals surface area contributed by atoms with Crippen molar-refractivity contribution in [3.63, 3.8) is 0 Å². The van der Waals surface area contributed by atoms with Crippen LogP contribution in [-0.4, -0.2) is 30.5 Å². The van der Waals surface area contributed by atoms with E-state index in [0.717, 1.165) is 60.0 Å². The van der Waals surface area contributed by atoms with Gasteiger partial charge in [0.1, 0.15) is 0 Å². The van der Waals surface area contributed by atoms with E-state index in [1.54, 1.807) is 0 Å². The number of hydrogen-bond donors (Lipinski definition) is 1. The zero-order chi connectivity index (χ0) is 17.8. The summed E-state index contributed by atoms with van der Waals surface area (Å²) in [5.74, 6) is 0.630. The lowest BCUT2D eigenvalue weighted by Crippen LogP contribution is -2.41. The second kappa shape index (κ2) is 8.37. The van der Waals surface area contributed by atoms with E-state index in [0.29, 0.717) is 17.4 Å². The third-order valence-electron chi connectivity index (χ3n) is 4.66. The van der Waals surface area contributed by atoms with Crippen molar-refractivity contribution < 1.29 is 4.79 Å². The Morgan fingerprint density at radius 1 is 1.48 bits per heavy atom. The largest absolute Gasteiger partial charge is 0.371 e. The third-order valence-corrected chi connectivity index (χ3v) is 5.41. The van der Waals surface area contributed by atoms with Crippen molar-refractivity contribution in [3.8, 4) is 0 Å². The highest BCUT2D eigenvalue weighted by molar-refractivity contribution is 9.10. The number of pyridine rings is 1. The third kappa shape index (κ3) is 4.45. The van der Waals surface area contributed by atoms with E-state index in [9.17, 15) is 4.79 Å². The van der Waals surface area contributed by atoms with Crippen LogP contribution in [0.3, 0.4) is 0 Å². The summed E-state index contributed by atoms with van der Waals surface area (Å²) in [6, 6.07) is 6.02. The van der Waals surface area contributed by atoms with Gasteiger partial charge in [-0.1, -0.05) is 34.5 Å². The molecule has 1 aliphatic heterocycles. The number of carbonyl (C=O) groups excluding carboxylic acids is 1. The predicted octanol–water partition coefficient (Wildman–Crippen LogP) is 4.78. The summed E-state index contributed by atoms with van der Waals surface area (Å²) < 4.78 is 0.958. The minimum absolute atomic E-state index is 0.157. The standard InChI is InChI=1S/C19H23BrClN3O/c1-2-4-18(25)23-11-13-5-3-8-24(12-13)17-6-7-22-19-15(17)9-14(20)10-16(19)21/h6-7,9-10,13H,2-5,8,11-12H2,1H3,(H,23,25). The van der Waals surface area contributed by atoms with E-state index < -0.39 is 0 Å².